The zero-order valence-electron chi connectivity index (χ0n) is 9.72. The fourth-order valence-corrected chi connectivity index (χ4v) is 2.77. The predicted molar refractivity (Wildman–Crippen MR) is 68.9 cm³/mol. The van der Waals surface area contributed by atoms with E-state index in [-0.39, 0.29) is 16.9 Å². The molecule has 0 N–H and O–H groups in total. The van der Waals surface area contributed by atoms with E-state index in [1.807, 2.05) is 0 Å². The molecule has 0 spiro atoms. The van der Waals surface area contributed by atoms with Gasteiger partial charge in [0.15, 0.2) is 0 Å². The Hall–Kier alpha value is -1.33. The molecule has 19 heavy (non-hydrogen) atoms. The third-order valence-electron chi connectivity index (χ3n) is 2.62. The molecule has 6 heteroatoms. The molecule has 0 saturated heterocycles. The third kappa shape index (κ3) is 2.82. The summed E-state index contributed by atoms with van der Waals surface area (Å²) >= 11 is 7.02. The molecular weight excluding hydrogens is 297 g/mol. The van der Waals surface area contributed by atoms with Crippen LogP contribution < -0.4 is 0 Å². The molecule has 0 aliphatic heterocycles. The van der Waals surface area contributed by atoms with Crippen molar-refractivity contribution in [2.45, 2.75) is 13.1 Å². The summed E-state index contributed by atoms with van der Waals surface area (Å²) < 4.78 is 37.6. The van der Waals surface area contributed by atoms with Crippen molar-refractivity contribution >= 4 is 28.7 Å². The molecule has 100 valence electrons. The Morgan fingerprint density at radius 3 is 2.42 bits per heavy atom. The highest BCUT2D eigenvalue weighted by Crippen LogP contribution is 2.32. The summed E-state index contributed by atoms with van der Waals surface area (Å²) in [5.74, 6) is -0.355. The Labute approximate surface area is 116 Å². The van der Waals surface area contributed by atoms with E-state index in [4.69, 9.17) is 11.6 Å². The van der Waals surface area contributed by atoms with E-state index in [9.17, 15) is 18.0 Å². The van der Waals surface area contributed by atoms with Gasteiger partial charge in [0.25, 0.3) is 0 Å². The number of aryl methyl sites for hydroxylation is 1. The predicted octanol–water partition coefficient (Wildman–Crippen LogP) is 4.96. The van der Waals surface area contributed by atoms with Crippen molar-refractivity contribution in [1.29, 1.82) is 0 Å². The van der Waals surface area contributed by atoms with Crippen molar-refractivity contribution in [3.8, 4) is 0 Å². The molecule has 0 bridgehead atoms. The molecule has 0 amide bonds. The number of thiophene rings is 1. The molecule has 1 aromatic carbocycles. The van der Waals surface area contributed by atoms with Gasteiger partial charge in [-0.25, -0.2) is 0 Å². The average molecular weight is 305 g/mol. The monoisotopic (exact) mass is 304 g/mol. The fourth-order valence-electron chi connectivity index (χ4n) is 1.67. The maximum atomic E-state index is 12.5. The van der Waals surface area contributed by atoms with Gasteiger partial charge >= 0.3 is 6.18 Å². The van der Waals surface area contributed by atoms with Crippen LogP contribution in [-0.2, 0) is 6.18 Å². The summed E-state index contributed by atoms with van der Waals surface area (Å²) in [5.41, 5.74) is -0.250. The van der Waals surface area contributed by atoms with Crippen molar-refractivity contribution < 1.29 is 18.0 Å². The van der Waals surface area contributed by atoms with Gasteiger partial charge in [-0.3, -0.25) is 4.79 Å². The van der Waals surface area contributed by atoms with Crippen molar-refractivity contribution in [2.24, 2.45) is 0 Å². The van der Waals surface area contributed by atoms with Gasteiger partial charge in [0, 0.05) is 5.56 Å². The smallest absolute Gasteiger partial charge is 0.288 e. The summed E-state index contributed by atoms with van der Waals surface area (Å²) in [6, 6.07) is 4.64. The SMILES string of the molecule is Cc1cc(C(F)(F)F)ccc1C(=O)c1sccc1Cl. The van der Waals surface area contributed by atoms with Crippen LogP contribution in [0.5, 0.6) is 0 Å². The minimum atomic E-state index is -4.41. The first kappa shape index (κ1) is 14.1. The summed E-state index contributed by atoms with van der Waals surface area (Å²) in [6.45, 7) is 1.48. The largest absolute Gasteiger partial charge is 0.416 e. The third-order valence-corrected chi connectivity index (χ3v) is 3.96. The van der Waals surface area contributed by atoms with Gasteiger partial charge in [0.1, 0.15) is 0 Å². The lowest BCUT2D eigenvalue weighted by Gasteiger charge is -2.10. The second kappa shape index (κ2) is 4.98. The Balaban J connectivity index is 2.43. The standard InChI is InChI=1S/C13H8ClF3OS/c1-7-6-8(13(15,16)17)2-3-9(7)11(18)12-10(14)4-5-19-12/h2-6H,1H3. The fraction of sp³-hybridized carbons (Fsp3) is 0.154. The number of halogens is 4. The van der Waals surface area contributed by atoms with Gasteiger partial charge in [-0.2, -0.15) is 13.2 Å². The van der Waals surface area contributed by atoms with E-state index in [1.165, 1.54) is 24.3 Å². The van der Waals surface area contributed by atoms with Crippen LogP contribution in [0.1, 0.15) is 26.4 Å². The maximum Gasteiger partial charge on any atom is 0.416 e. The normalized spacial score (nSPS) is 11.6. The van der Waals surface area contributed by atoms with Crippen LogP contribution in [-0.4, -0.2) is 5.78 Å². The Kier molecular flexibility index (Phi) is 3.69. The van der Waals surface area contributed by atoms with Crippen LogP contribution in [0.15, 0.2) is 29.6 Å². The molecule has 2 rings (SSSR count). The molecule has 1 heterocycles. The second-order valence-corrected chi connectivity index (χ2v) is 5.28. The van der Waals surface area contributed by atoms with E-state index in [1.54, 1.807) is 11.4 Å². The number of carbonyl (C=O) groups is 1. The number of alkyl halides is 3. The first-order valence-electron chi connectivity index (χ1n) is 5.26. The second-order valence-electron chi connectivity index (χ2n) is 3.95. The topological polar surface area (TPSA) is 17.1 Å². The van der Waals surface area contributed by atoms with E-state index < -0.39 is 11.7 Å². The summed E-state index contributed by atoms with van der Waals surface area (Å²) in [5, 5.41) is 1.98. The Morgan fingerprint density at radius 1 is 1.26 bits per heavy atom. The van der Waals surface area contributed by atoms with E-state index >= 15 is 0 Å². The Morgan fingerprint density at radius 2 is 1.95 bits per heavy atom. The highest BCUT2D eigenvalue weighted by molar-refractivity contribution is 7.13. The molecule has 0 unspecified atom stereocenters. The molecule has 0 aliphatic rings. The van der Waals surface area contributed by atoms with Gasteiger partial charge in [-0.05, 0) is 36.1 Å². The van der Waals surface area contributed by atoms with Crippen LogP contribution in [0.25, 0.3) is 0 Å². The van der Waals surface area contributed by atoms with Gasteiger partial charge in [0.05, 0.1) is 15.5 Å². The summed E-state index contributed by atoms with van der Waals surface area (Å²) in [6.07, 6.45) is -4.41. The first-order valence-corrected chi connectivity index (χ1v) is 6.52. The molecule has 0 saturated carbocycles. The zero-order valence-corrected chi connectivity index (χ0v) is 11.3. The van der Waals surface area contributed by atoms with Crippen LogP contribution in [0, 0.1) is 6.92 Å². The molecule has 0 aliphatic carbocycles. The van der Waals surface area contributed by atoms with E-state index in [0.717, 1.165) is 12.1 Å². The molecule has 0 atom stereocenters. The molecule has 2 aromatic rings. The molecule has 1 nitrogen and oxygen atoms in total. The lowest BCUT2D eigenvalue weighted by molar-refractivity contribution is -0.137. The van der Waals surface area contributed by atoms with Gasteiger partial charge in [0.2, 0.25) is 5.78 Å². The highest BCUT2D eigenvalue weighted by atomic mass is 35.5. The van der Waals surface area contributed by atoms with Crippen LogP contribution >= 0.6 is 22.9 Å². The van der Waals surface area contributed by atoms with Crippen LogP contribution in [0.2, 0.25) is 5.02 Å². The molecular formula is C13H8ClF3OS. The number of ketones is 1. The summed E-state index contributed by atoms with van der Waals surface area (Å²) in [4.78, 5) is 12.5. The zero-order chi connectivity index (χ0) is 14.2. The van der Waals surface area contributed by atoms with Crippen molar-refractivity contribution in [3.63, 3.8) is 0 Å². The van der Waals surface area contributed by atoms with Crippen molar-refractivity contribution in [2.75, 3.05) is 0 Å². The highest BCUT2D eigenvalue weighted by Gasteiger charge is 2.31. The van der Waals surface area contributed by atoms with Gasteiger partial charge in [-0.15, -0.1) is 11.3 Å². The number of hydrogen-bond donors (Lipinski definition) is 0. The number of rotatable bonds is 2. The van der Waals surface area contributed by atoms with E-state index in [0.29, 0.717) is 9.90 Å². The van der Waals surface area contributed by atoms with Gasteiger partial charge in [-0.1, -0.05) is 17.7 Å². The summed E-state index contributed by atoms with van der Waals surface area (Å²) in [7, 11) is 0. The molecule has 0 radical (unpaired) electrons. The van der Waals surface area contributed by atoms with Crippen LogP contribution in [0.4, 0.5) is 13.2 Å². The van der Waals surface area contributed by atoms with Crippen molar-refractivity contribution in [3.05, 3.63) is 56.2 Å². The Bertz CT molecular complexity index is 631. The number of carbonyl (C=O) groups excluding carboxylic acids is 1. The van der Waals surface area contributed by atoms with Gasteiger partial charge < -0.3 is 0 Å². The maximum absolute atomic E-state index is 12.5. The quantitative estimate of drug-likeness (QED) is 0.717. The number of benzene rings is 1. The van der Waals surface area contributed by atoms with E-state index in [2.05, 4.69) is 0 Å². The lowest BCUT2D eigenvalue weighted by Crippen LogP contribution is -2.08. The molecule has 0 fully saturated rings. The minimum Gasteiger partial charge on any atom is -0.288 e. The average Bonchev–Trinajstić information content (AvgIpc) is 2.73. The molecule has 1 aromatic heterocycles. The van der Waals surface area contributed by atoms with Crippen LogP contribution in [0.3, 0.4) is 0 Å². The van der Waals surface area contributed by atoms with Crippen molar-refractivity contribution in [1.82, 2.24) is 0 Å². The minimum absolute atomic E-state index is 0.234. The lowest BCUT2D eigenvalue weighted by atomic mass is 10.0. The first-order chi connectivity index (χ1) is 8.80. The number of hydrogen-bond acceptors (Lipinski definition) is 2.